The van der Waals surface area contributed by atoms with Gasteiger partial charge in [-0.2, -0.15) is 11.8 Å². The molecule has 2 unspecified atom stereocenters. The number of halogens is 2. The first kappa shape index (κ1) is 14.6. The molecule has 4 nitrogen and oxygen atoms in total. The Kier molecular flexibility index (Phi) is 4.32. The van der Waals surface area contributed by atoms with E-state index in [4.69, 9.17) is 5.11 Å². The Morgan fingerprint density at radius 2 is 2.11 bits per heavy atom. The third-order valence-electron chi connectivity index (χ3n) is 3.69. The molecule has 1 saturated heterocycles. The number of carboxylic acids is 1. The average Bonchev–Trinajstić information content (AvgIpc) is 2.36. The fourth-order valence-corrected chi connectivity index (χ4v) is 3.73. The number of hydrogen-bond donors (Lipinski definition) is 1. The number of rotatable bonds is 2. The van der Waals surface area contributed by atoms with Gasteiger partial charge in [0.1, 0.15) is 6.04 Å². The smallest absolute Gasteiger partial charge is 0.327 e. The highest BCUT2D eigenvalue weighted by Gasteiger charge is 2.43. The molecule has 0 radical (unpaired) electrons. The zero-order valence-electron chi connectivity index (χ0n) is 10.5. The first-order valence-corrected chi connectivity index (χ1v) is 7.55. The summed E-state index contributed by atoms with van der Waals surface area (Å²) in [5, 5.41) is 9.10. The van der Waals surface area contributed by atoms with E-state index in [2.05, 4.69) is 0 Å². The lowest BCUT2D eigenvalue weighted by Gasteiger charge is -2.37. The minimum absolute atomic E-state index is 0.172. The van der Waals surface area contributed by atoms with Crippen molar-refractivity contribution in [1.82, 2.24) is 4.90 Å². The average molecular weight is 293 g/mol. The highest BCUT2D eigenvalue weighted by molar-refractivity contribution is 7.99. The summed E-state index contributed by atoms with van der Waals surface area (Å²) in [5.41, 5.74) is 0. The number of hydrogen-bond acceptors (Lipinski definition) is 3. The molecule has 108 valence electrons. The minimum atomic E-state index is -2.79. The standard InChI is InChI=1S/C12H17F2NO3S/c13-12(14)3-1-2-8(6-12)10(16)15-4-5-19-7-9(15)11(17)18/h8-9H,1-7H2,(H,17,18). The number of thioether (sulfide) groups is 1. The maximum absolute atomic E-state index is 13.3. The lowest BCUT2D eigenvalue weighted by atomic mass is 9.85. The molecule has 7 heteroatoms. The summed E-state index contributed by atoms with van der Waals surface area (Å²) in [6.45, 7) is 0.336. The van der Waals surface area contributed by atoms with Gasteiger partial charge in [-0.15, -0.1) is 0 Å². The van der Waals surface area contributed by atoms with Crippen molar-refractivity contribution in [3.8, 4) is 0 Å². The van der Waals surface area contributed by atoms with E-state index in [9.17, 15) is 18.4 Å². The van der Waals surface area contributed by atoms with Gasteiger partial charge in [-0.05, 0) is 12.8 Å². The van der Waals surface area contributed by atoms with Crippen LogP contribution in [-0.4, -0.2) is 51.9 Å². The first-order chi connectivity index (χ1) is 8.91. The molecule has 2 rings (SSSR count). The van der Waals surface area contributed by atoms with Gasteiger partial charge in [0.05, 0.1) is 0 Å². The molecule has 2 atom stereocenters. The fourth-order valence-electron chi connectivity index (χ4n) is 2.69. The summed E-state index contributed by atoms with van der Waals surface area (Å²) < 4.78 is 26.7. The third kappa shape index (κ3) is 3.38. The summed E-state index contributed by atoms with van der Waals surface area (Å²) in [7, 11) is 0. The molecule has 0 aromatic rings. The van der Waals surface area contributed by atoms with Gasteiger partial charge >= 0.3 is 5.97 Å². The Hall–Kier alpha value is -0.850. The highest BCUT2D eigenvalue weighted by Crippen LogP contribution is 2.38. The molecule has 2 fully saturated rings. The lowest BCUT2D eigenvalue weighted by molar-refractivity contribution is -0.154. The second-order valence-corrected chi connectivity index (χ2v) is 6.26. The van der Waals surface area contributed by atoms with Gasteiger partial charge in [-0.1, -0.05) is 0 Å². The third-order valence-corrected chi connectivity index (χ3v) is 4.71. The molecule has 0 aromatic heterocycles. The zero-order valence-corrected chi connectivity index (χ0v) is 11.3. The van der Waals surface area contributed by atoms with Crippen LogP contribution >= 0.6 is 11.8 Å². The van der Waals surface area contributed by atoms with Crippen LogP contribution in [0.3, 0.4) is 0 Å². The van der Waals surface area contributed by atoms with E-state index in [0.717, 1.165) is 0 Å². The van der Waals surface area contributed by atoms with Gasteiger partial charge in [0.15, 0.2) is 0 Å². The number of amides is 1. The van der Waals surface area contributed by atoms with Crippen molar-refractivity contribution in [2.24, 2.45) is 5.92 Å². The van der Waals surface area contributed by atoms with Gasteiger partial charge in [-0.25, -0.2) is 13.6 Å². The van der Waals surface area contributed by atoms with E-state index in [-0.39, 0.29) is 6.42 Å². The molecule has 1 N–H and O–H groups in total. The summed E-state index contributed by atoms with van der Waals surface area (Å²) in [6, 6.07) is -0.873. The van der Waals surface area contributed by atoms with Crippen LogP contribution in [0.4, 0.5) is 8.78 Å². The number of alkyl halides is 2. The van der Waals surface area contributed by atoms with E-state index in [1.807, 2.05) is 0 Å². The van der Waals surface area contributed by atoms with Gasteiger partial charge < -0.3 is 10.0 Å². The Labute approximate surface area is 114 Å². The molecule has 0 aromatic carbocycles. The van der Waals surface area contributed by atoms with Crippen molar-refractivity contribution in [2.75, 3.05) is 18.1 Å². The molecular formula is C12H17F2NO3S. The second-order valence-electron chi connectivity index (χ2n) is 5.11. The highest BCUT2D eigenvalue weighted by atomic mass is 32.2. The molecule has 1 aliphatic carbocycles. The molecule has 0 bridgehead atoms. The largest absolute Gasteiger partial charge is 0.480 e. The lowest BCUT2D eigenvalue weighted by Crippen LogP contribution is -2.53. The van der Waals surface area contributed by atoms with Crippen LogP contribution in [0.1, 0.15) is 25.7 Å². The van der Waals surface area contributed by atoms with Crippen molar-refractivity contribution in [2.45, 2.75) is 37.6 Å². The second kappa shape index (κ2) is 5.64. The predicted octanol–water partition coefficient (Wildman–Crippen LogP) is 1.84. The predicted molar refractivity (Wildman–Crippen MR) is 67.4 cm³/mol. The van der Waals surface area contributed by atoms with E-state index in [0.29, 0.717) is 30.9 Å². The van der Waals surface area contributed by atoms with Crippen LogP contribution in [0.2, 0.25) is 0 Å². The van der Waals surface area contributed by atoms with E-state index in [1.54, 1.807) is 0 Å². The zero-order chi connectivity index (χ0) is 14.0. The number of carbonyl (C=O) groups excluding carboxylic acids is 1. The van der Waals surface area contributed by atoms with Crippen molar-refractivity contribution in [1.29, 1.82) is 0 Å². The van der Waals surface area contributed by atoms with Crippen LogP contribution in [0, 0.1) is 5.92 Å². The summed E-state index contributed by atoms with van der Waals surface area (Å²) in [5.74, 6) is -3.98. The van der Waals surface area contributed by atoms with Crippen LogP contribution in [0.5, 0.6) is 0 Å². The monoisotopic (exact) mass is 293 g/mol. The molecule has 0 spiro atoms. The maximum atomic E-state index is 13.3. The Morgan fingerprint density at radius 3 is 2.74 bits per heavy atom. The Morgan fingerprint density at radius 1 is 1.37 bits per heavy atom. The Bertz CT molecular complexity index is 378. The maximum Gasteiger partial charge on any atom is 0.327 e. The molecule has 2 aliphatic rings. The number of nitrogens with zero attached hydrogens (tertiary/aromatic N) is 1. The van der Waals surface area contributed by atoms with Crippen LogP contribution < -0.4 is 0 Å². The summed E-state index contributed by atoms with van der Waals surface area (Å²) >= 11 is 1.48. The molecule has 1 saturated carbocycles. The van der Waals surface area contributed by atoms with Crippen LogP contribution in [0.15, 0.2) is 0 Å². The van der Waals surface area contributed by atoms with E-state index < -0.39 is 36.2 Å². The number of aliphatic carboxylic acids is 1. The first-order valence-electron chi connectivity index (χ1n) is 6.39. The number of carbonyl (C=O) groups is 2. The van der Waals surface area contributed by atoms with Gasteiger partial charge in [0.2, 0.25) is 11.8 Å². The van der Waals surface area contributed by atoms with Crippen molar-refractivity contribution in [3.63, 3.8) is 0 Å². The fraction of sp³-hybridized carbons (Fsp3) is 0.833. The molecule has 1 heterocycles. The summed E-state index contributed by atoms with van der Waals surface area (Å²) in [4.78, 5) is 24.7. The SMILES string of the molecule is O=C(O)C1CSCCN1C(=O)C1CCCC(F)(F)C1. The topological polar surface area (TPSA) is 57.6 Å². The van der Waals surface area contributed by atoms with Gasteiger partial charge in [0, 0.05) is 36.8 Å². The molecular weight excluding hydrogens is 276 g/mol. The minimum Gasteiger partial charge on any atom is -0.480 e. The quantitative estimate of drug-likeness (QED) is 0.844. The van der Waals surface area contributed by atoms with E-state index >= 15 is 0 Å². The van der Waals surface area contributed by atoms with Gasteiger partial charge in [0.25, 0.3) is 0 Å². The summed E-state index contributed by atoms with van der Waals surface area (Å²) in [6.07, 6.45) is 0.144. The van der Waals surface area contributed by atoms with Gasteiger partial charge in [-0.3, -0.25) is 4.79 Å². The molecule has 19 heavy (non-hydrogen) atoms. The van der Waals surface area contributed by atoms with Crippen LogP contribution in [-0.2, 0) is 9.59 Å². The van der Waals surface area contributed by atoms with Crippen molar-refractivity contribution < 1.29 is 23.5 Å². The Balaban J connectivity index is 2.06. The van der Waals surface area contributed by atoms with Crippen molar-refractivity contribution >= 4 is 23.6 Å². The number of carboxylic acid groups (broad SMARTS) is 1. The normalized spacial score (nSPS) is 30.9. The van der Waals surface area contributed by atoms with Crippen molar-refractivity contribution in [3.05, 3.63) is 0 Å². The van der Waals surface area contributed by atoms with Crippen LogP contribution in [0.25, 0.3) is 0 Å². The molecule has 1 aliphatic heterocycles. The molecule has 1 amide bonds. The van der Waals surface area contributed by atoms with E-state index in [1.165, 1.54) is 16.7 Å².